The third-order valence-corrected chi connectivity index (χ3v) is 12.4. The van der Waals surface area contributed by atoms with Crippen LogP contribution in [0.15, 0.2) is 91.4 Å². The highest BCUT2D eigenvalue weighted by Gasteiger charge is 2.36. The molecule has 0 aliphatic carbocycles. The van der Waals surface area contributed by atoms with Crippen molar-refractivity contribution in [1.82, 2.24) is 13.7 Å². The molecule has 6 aromatic rings. The van der Waals surface area contributed by atoms with Gasteiger partial charge in [0.1, 0.15) is 0 Å². The van der Waals surface area contributed by atoms with E-state index in [0.717, 1.165) is 10.9 Å². The van der Waals surface area contributed by atoms with Crippen molar-refractivity contribution in [2.75, 3.05) is 40.9 Å². The predicted molar refractivity (Wildman–Crippen MR) is 252 cm³/mol. The minimum atomic E-state index is -4.87. The Labute approximate surface area is 406 Å². The first-order valence-corrected chi connectivity index (χ1v) is 24.4. The van der Waals surface area contributed by atoms with Crippen molar-refractivity contribution in [3.63, 3.8) is 0 Å². The number of carbonyl (C=O) groups excluding carboxylic acids is 5. The van der Waals surface area contributed by atoms with Gasteiger partial charge in [-0.1, -0.05) is 18.2 Å². The summed E-state index contributed by atoms with van der Waals surface area (Å²) < 4.78 is 138. The lowest BCUT2D eigenvalue weighted by Gasteiger charge is -2.11. The number of nitrogens with two attached hydrogens (primary N) is 1. The van der Waals surface area contributed by atoms with Gasteiger partial charge in [0, 0.05) is 43.5 Å². The third kappa shape index (κ3) is 19.1. The van der Waals surface area contributed by atoms with Gasteiger partial charge in [-0.25, -0.2) is 16.8 Å². The van der Waals surface area contributed by atoms with E-state index in [0.29, 0.717) is 27.5 Å². The number of anilines is 3. The maximum Gasteiger partial charge on any atom is 0.404 e. The van der Waals surface area contributed by atoms with Crippen LogP contribution in [0.2, 0.25) is 0 Å². The van der Waals surface area contributed by atoms with Gasteiger partial charge in [0.25, 0.3) is 0 Å². The molecule has 0 radical (unpaired) electrons. The highest BCUT2D eigenvalue weighted by Crippen LogP contribution is 2.26. The van der Waals surface area contributed by atoms with Crippen molar-refractivity contribution in [2.45, 2.75) is 70.5 Å². The summed E-state index contributed by atoms with van der Waals surface area (Å²) in [5, 5.41) is 10.9. The smallest absolute Gasteiger partial charge is 0.404 e. The first-order chi connectivity index (χ1) is 33.5. The summed E-state index contributed by atoms with van der Waals surface area (Å²) in [7, 11) is -6.69. The molecule has 3 aromatic heterocycles. The van der Waals surface area contributed by atoms with Crippen LogP contribution in [0.3, 0.4) is 0 Å². The summed E-state index contributed by atoms with van der Waals surface area (Å²) in [6, 6.07) is 19.2. The Morgan fingerprint density at radius 2 is 0.861 bits per heavy atom. The number of nitrogen functional groups attached to an aromatic ring is 1. The average molecular weight is 1060 g/mol. The number of aromatic nitrogens is 3. The third-order valence-electron chi connectivity index (χ3n) is 9.93. The van der Waals surface area contributed by atoms with Gasteiger partial charge in [-0.2, -0.15) is 26.3 Å². The molecule has 3 heterocycles. The largest absolute Gasteiger partial charge is 0.481 e. The molecule has 0 bridgehead atoms. The summed E-state index contributed by atoms with van der Waals surface area (Å²) in [6.45, 7) is 0.0404. The topological polar surface area (TPSA) is 274 Å². The number of carboxylic acids is 1. The number of carbonyl (C=O) groups is 6. The molecule has 0 saturated heterocycles. The van der Waals surface area contributed by atoms with Gasteiger partial charge in [-0.05, 0) is 70.8 Å². The number of alkyl halides is 6. The Hall–Kier alpha value is -7.42. The minimum Gasteiger partial charge on any atom is -0.481 e. The average Bonchev–Trinajstić information content (AvgIpc) is 3.98. The van der Waals surface area contributed by atoms with E-state index >= 15 is 0 Å². The van der Waals surface area contributed by atoms with Crippen LogP contribution < -0.4 is 15.2 Å². The maximum atomic E-state index is 12.3. The first-order valence-electron chi connectivity index (χ1n) is 21.1. The molecule has 6 rings (SSSR count). The molecule has 0 saturated carbocycles. The van der Waals surface area contributed by atoms with E-state index in [1.54, 1.807) is 24.5 Å². The van der Waals surface area contributed by atoms with Gasteiger partial charge in [0.2, 0.25) is 20.0 Å². The van der Waals surface area contributed by atoms with Crippen LogP contribution in [-0.2, 0) is 77.9 Å². The number of hydrogen-bond donors (Lipinski definition) is 4. The van der Waals surface area contributed by atoms with E-state index in [1.807, 2.05) is 44.5 Å². The predicted octanol–water partition coefficient (Wildman–Crippen LogP) is 6.59. The normalized spacial score (nSPS) is 11.8. The second-order valence-corrected chi connectivity index (χ2v) is 19.3. The number of aliphatic carboxylic acids is 1. The number of Topliss-reactive ketones (excluding diaryl/α,β-unsaturated/α-hetero) is 3. The lowest BCUT2D eigenvalue weighted by Crippen LogP contribution is -2.27. The van der Waals surface area contributed by atoms with Crippen LogP contribution in [0, 0.1) is 0 Å². The second-order valence-electron chi connectivity index (χ2n) is 15.8. The van der Waals surface area contributed by atoms with Crippen molar-refractivity contribution < 1.29 is 86.5 Å². The molecular formula is C45H48F6N6O13S2. The van der Waals surface area contributed by atoms with Crippen molar-refractivity contribution in [3.8, 4) is 0 Å². The van der Waals surface area contributed by atoms with E-state index < -0.39 is 55.8 Å². The molecular weight excluding hydrogens is 1010 g/mol. The number of methoxy groups -OCH3 is 2. The molecule has 0 aliphatic rings. The highest BCUT2D eigenvalue weighted by molar-refractivity contribution is 7.93. The Morgan fingerprint density at radius 1 is 0.528 bits per heavy atom. The number of halogens is 6. The molecule has 0 atom stereocenters. The van der Waals surface area contributed by atoms with Gasteiger partial charge in [-0.15, -0.1) is 0 Å². The molecule has 0 spiro atoms. The second kappa shape index (κ2) is 24.6. The fraction of sp³-hybridized carbons (Fsp3) is 0.333. The van der Waals surface area contributed by atoms with Crippen LogP contribution in [0.1, 0.15) is 38.5 Å². The zero-order valence-corrected chi connectivity index (χ0v) is 39.9. The van der Waals surface area contributed by atoms with Crippen molar-refractivity contribution in [1.29, 1.82) is 0 Å². The van der Waals surface area contributed by atoms with Crippen molar-refractivity contribution >= 4 is 105 Å². The number of nitrogens with one attached hydrogen (secondary N) is 2. The van der Waals surface area contributed by atoms with E-state index in [-0.39, 0.29) is 92.9 Å². The highest BCUT2D eigenvalue weighted by atomic mass is 32.2. The summed E-state index contributed by atoms with van der Waals surface area (Å²) in [5.74, 6) is -6.58. The molecule has 0 unspecified atom stereocenters. The number of ether oxygens (including phenoxy) is 2. The molecule has 0 fully saturated rings. The minimum absolute atomic E-state index is 0.00896. The SMILES string of the molecule is COC(=O)CCC(=O)Cn1ccc2ccc(N)cc21.COC(=O)CCC(=O)Cn1ccc2ccc(NS(=O)(=O)CC(F)(F)F)cc21.O=C(O)CCC(=O)Cn1ccc2ccc(NS(=O)(=O)CC(F)(F)F)cc21. The van der Waals surface area contributed by atoms with Crippen LogP contribution in [0.4, 0.5) is 43.4 Å². The summed E-state index contributed by atoms with van der Waals surface area (Å²) in [6.07, 6.45) is -4.97. The fourth-order valence-electron chi connectivity index (χ4n) is 6.71. The quantitative estimate of drug-likeness (QED) is 0.0336. The van der Waals surface area contributed by atoms with E-state index in [2.05, 4.69) is 9.47 Å². The zero-order chi connectivity index (χ0) is 53.6. The molecule has 0 aliphatic heterocycles. The molecule has 27 heteroatoms. The standard InChI is InChI=1S/C16H17F3N2O5S.C15H15F3N2O5S.C14H16N2O3/c1-26-15(23)5-4-13(22)9-21-7-6-11-2-3-12(8-14(11)21)20-27(24,25)10-16(17,18)19;16-15(17,18)9-26(24,25)19-11-2-1-10-5-6-20(13(10)7-11)8-12(21)3-4-14(22)23;1-19-14(18)5-4-12(17)9-16-7-6-10-2-3-11(15)8-13(10)16/h2-3,6-8,20H,4-5,9-10H2,1H3;1-2,5-7,19H,3-4,8-9H2,(H,22,23);2-3,6-8H,4-5,9,15H2,1H3. The first kappa shape index (κ1) is 57.2. The number of rotatable bonds is 21. The van der Waals surface area contributed by atoms with Crippen molar-refractivity contribution in [2.24, 2.45) is 0 Å². The van der Waals surface area contributed by atoms with E-state index in [1.165, 1.54) is 59.8 Å². The molecule has 3 aromatic carbocycles. The van der Waals surface area contributed by atoms with E-state index in [9.17, 15) is 71.9 Å². The van der Waals surface area contributed by atoms with Crippen LogP contribution in [-0.4, -0.2) is 109 Å². The molecule has 5 N–H and O–H groups in total. The van der Waals surface area contributed by atoms with Gasteiger partial charge in [0.15, 0.2) is 28.9 Å². The number of carboxylic acid groups (broad SMARTS) is 1. The number of benzene rings is 3. The molecule has 0 amide bonds. The monoisotopic (exact) mass is 1060 g/mol. The number of hydrogen-bond acceptors (Lipinski definition) is 13. The summed E-state index contributed by atoms with van der Waals surface area (Å²) in [4.78, 5) is 68.1. The van der Waals surface area contributed by atoms with Gasteiger partial charge >= 0.3 is 30.3 Å². The number of nitrogens with zero attached hydrogens (tertiary/aromatic N) is 3. The van der Waals surface area contributed by atoms with Crippen LogP contribution in [0.25, 0.3) is 32.7 Å². The molecule has 72 heavy (non-hydrogen) atoms. The Morgan fingerprint density at radius 3 is 1.19 bits per heavy atom. The number of ketones is 3. The number of sulfonamides is 2. The Kier molecular flexibility index (Phi) is 19.5. The molecule has 19 nitrogen and oxygen atoms in total. The molecule has 390 valence electrons. The Bertz CT molecular complexity index is 3160. The lowest BCUT2D eigenvalue weighted by atomic mass is 10.2. The van der Waals surface area contributed by atoms with Gasteiger partial charge in [-0.3, -0.25) is 38.2 Å². The van der Waals surface area contributed by atoms with Crippen LogP contribution >= 0.6 is 0 Å². The van der Waals surface area contributed by atoms with Gasteiger partial charge in [0.05, 0.1) is 81.0 Å². The number of fused-ring (bicyclic) bond motifs is 3. The summed E-state index contributed by atoms with van der Waals surface area (Å²) >= 11 is 0. The van der Waals surface area contributed by atoms with E-state index in [4.69, 9.17) is 10.8 Å². The zero-order valence-electron chi connectivity index (χ0n) is 38.3. The number of esters is 2. The summed E-state index contributed by atoms with van der Waals surface area (Å²) in [5.41, 5.74) is 8.10. The Balaban J connectivity index is 0.000000238. The van der Waals surface area contributed by atoms with Crippen molar-refractivity contribution in [3.05, 3.63) is 91.4 Å². The maximum absolute atomic E-state index is 12.3. The van der Waals surface area contributed by atoms with Crippen LogP contribution in [0.5, 0.6) is 0 Å². The lowest BCUT2D eigenvalue weighted by molar-refractivity contribution is -0.142. The fourth-order valence-corrected chi connectivity index (χ4v) is 8.69. The van der Waals surface area contributed by atoms with Gasteiger partial charge < -0.3 is 34.0 Å².